The Morgan fingerprint density at radius 2 is 2.00 bits per heavy atom. The molecule has 0 radical (unpaired) electrons. The molecule has 1 atom stereocenters. The number of benzene rings is 1. The Hall–Kier alpha value is -1.96. The number of ether oxygens (including phenoxy) is 2. The van der Waals surface area contributed by atoms with Crippen LogP contribution in [0.15, 0.2) is 24.3 Å². The fraction of sp³-hybridized carbons (Fsp3) is 0.533. The van der Waals surface area contributed by atoms with Gasteiger partial charge in [0.1, 0.15) is 12.4 Å². The molecule has 1 heterocycles. The summed E-state index contributed by atoms with van der Waals surface area (Å²) in [7, 11) is 0. The number of carbonyl (C=O) groups is 1. The molecule has 5 nitrogen and oxygen atoms in total. The van der Waals surface area contributed by atoms with Crippen molar-refractivity contribution in [2.24, 2.45) is 0 Å². The molecular weight excluding hydrogens is 313 g/mol. The standard InChI is InChI=1S/C15H19F3N2O3/c1-11(19-14(21)20-6-8-22-9-7-20)10-23-13-5-3-2-4-12(13)15(16,17)18/h2-5,11H,6-10H2,1H3,(H,19,21). The monoisotopic (exact) mass is 332 g/mol. The van der Waals surface area contributed by atoms with Crippen molar-refractivity contribution in [3.8, 4) is 5.75 Å². The first-order valence-corrected chi connectivity index (χ1v) is 7.30. The SMILES string of the molecule is CC(COc1ccccc1C(F)(F)F)NC(=O)N1CCOCC1. The van der Waals surface area contributed by atoms with Crippen LogP contribution < -0.4 is 10.1 Å². The molecule has 1 N–H and O–H groups in total. The molecule has 2 rings (SSSR count). The Bertz CT molecular complexity index is 531. The third-order valence-electron chi connectivity index (χ3n) is 3.35. The van der Waals surface area contributed by atoms with Crippen molar-refractivity contribution < 1.29 is 27.4 Å². The van der Waals surface area contributed by atoms with Crippen LogP contribution in [0.1, 0.15) is 12.5 Å². The lowest BCUT2D eigenvalue weighted by atomic mass is 10.2. The number of hydrogen-bond donors (Lipinski definition) is 1. The van der Waals surface area contributed by atoms with E-state index in [0.29, 0.717) is 26.3 Å². The van der Waals surface area contributed by atoms with Gasteiger partial charge in [0.05, 0.1) is 24.8 Å². The largest absolute Gasteiger partial charge is 0.491 e. The number of para-hydroxylation sites is 1. The Balaban J connectivity index is 1.87. The van der Waals surface area contributed by atoms with Crippen LogP contribution in [0.5, 0.6) is 5.75 Å². The first-order valence-electron chi connectivity index (χ1n) is 7.30. The summed E-state index contributed by atoms with van der Waals surface area (Å²) in [6, 6.07) is 4.31. The van der Waals surface area contributed by atoms with Gasteiger partial charge in [-0.05, 0) is 19.1 Å². The predicted octanol–water partition coefficient (Wildman–Crippen LogP) is 2.51. The lowest BCUT2D eigenvalue weighted by molar-refractivity contribution is -0.139. The zero-order valence-corrected chi connectivity index (χ0v) is 12.7. The topological polar surface area (TPSA) is 50.8 Å². The average molecular weight is 332 g/mol. The first-order chi connectivity index (χ1) is 10.9. The van der Waals surface area contributed by atoms with Gasteiger partial charge in [-0.15, -0.1) is 0 Å². The second-order valence-electron chi connectivity index (χ2n) is 5.25. The molecule has 1 aromatic rings. The average Bonchev–Trinajstić information content (AvgIpc) is 2.53. The van der Waals surface area contributed by atoms with E-state index in [-0.39, 0.29) is 18.4 Å². The van der Waals surface area contributed by atoms with Gasteiger partial charge in [-0.25, -0.2) is 4.79 Å². The molecule has 1 unspecified atom stereocenters. The summed E-state index contributed by atoms with van der Waals surface area (Å²) in [5.74, 6) is -0.243. The van der Waals surface area contributed by atoms with E-state index in [2.05, 4.69) is 5.32 Å². The highest BCUT2D eigenvalue weighted by Crippen LogP contribution is 2.35. The van der Waals surface area contributed by atoms with Crippen LogP contribution in [-0.4, -0.2) is 49.9 Å². The molecule has 23 heavy (non-hydrogen) atoms. The second kappa shape index (κ2) is 7.54. The fourth-order valence-electron chi connectivity index (χ4n) is 2.15. The smallest absolute Gasteiger partial charge is 0.419 e. The molecule has 1 aliphatic heterocycles. The highest BCUT2D eigenvalue weighted by Gasteiger charge is 2.34. The van der Waals surface area contributed by atoms with Gasteiger partial charge in [-0.1, -0.05) is 12.1 Å². The molecule has 1 aromatic carbocycles. The van der Waals surface area contributed by atoms with Crippen LogP contribution in [0.2, 0.25) is 0 Å². The molecule has 0 bridgehead atoms. The molecule has 1 aliphatic rings. The van der Waals surface area contributed by atoms with E-state index < -0.39 is 17.8 Å². The molecule has 0 spiro atoms. The number of nitrogens with one attached hydrogen (secondary N) is 1. The Labute approximate surface area is 132 Å². The number of hydrogen-bond acceptors (Lipinski definition) is 3. The van der Waals surface area contributed by atoms with Crippen LogP contribution in [0.25, 0.3) is 0 Å². The summed E-state index contributed by atoms with van der Waals surface area (Å²) in [5.41, 5.74) is -0.827. The zero-order valence-electron chi connectivity index (χ0n) is 12.7. The number of carbonyl (C=O) groups excluding carboxylic acids is 1. The van der Waals surface area contributed by atoms with Crippen LogP contribution in [0.4, 0.5) is 18.0 Å². The van der Waals surface area contributed by atoms with Crippen molar-refractivity contribution in [3.05, 3.63) is 29.8 Å². The van der Waals surface area contributed by atoms with Crippen molar-refractivity contribution in [1.82, 2.24) is 10.2 Å². The molecule has 0 aliphatic carbocycles. The normalized spacial score (nSPS) is 16.8. The summed E-state index contributed by atoms with van der Waals surface area (Å²) < 4.78 is 49.0. The lowest BCUT2D eigenvalue weighted by Crippen LogP contribution is -2.49. The summed E-state index contributed by atoms with van der Waals surface area (Å²) in [6.07, 6.45) is -4.48. The van der Waals surface area contributed by atoms with Gasteiger partial charge in [0.25, 0.3) is 0 Å². The Kier molecular flexibility index (Phi) is 5.70. The predicted molar refractivity (Wildman–Crippen MR) is 77.3 cm³/mol. The third-order valence-corrected chi connectivity index (χ3v) is 3.35. The summed E-state index contributed by atoms with van der Waals surface area (Å²) >= 11 is 0. The molecule has 0 saturated carbocycles. The van der Waals surface area contributed by atoms with E-state index in [1.807, 2.05) is 0 Å². The summed E-state index contributed by atoms with van der Waals surface area (Å²) in [6.45, 7) is 3.58. The molecule has 1 fully saturated rings. The molecule has 8 heteroatoms. The van der Waals surface area contributed by atoms with Gasteiger partial charge in [-0.3, -0.25) is 0 Å². The first kappa shape index (κ1) is 17.4. The zero-order chi connectivity index (χ0) is 16.9. The minimum atomic E-state index is -4.48. The van der Waals surface area contributed by atoms with Gasteiger partial charge in [0.15, 0.2) is 0 Å². The van der Waals surface area contributed by atoms with Crippen molar-refractivity contribution >= 4 is 6.03 Å². The van der Waals surface area contributed by atoms with Crippen molar-refractivity contribution in [2.75, 3.05) is 32.9 Å². The van der Waals surface area contributed by atoms with Gasteiger partial charge >= 0.3 is 12.2 Å². The number of amides is 2. The maximum Gasteiger partial charge on any atom is 0.419 e. The maximum absolute atomic E-state index is 12.9. The molecule has 0 aromatic heterocycles. The highest BCUT2D eigenvalue weighted by atomic mass is 19.4. The van der Waals surface area contributed by atoms with Gasteiger partial charge < -0.3 is 19.7 Å². The quantitative estimate of drug-likeness (QED) is 0.922. The number of morpholine rings is 1. The maximum atomic E-state index is 12.9. The minimum Gasteiger partial charge on any atom is -0.491 e. The molecule has 128 valence electrons. The van der Waals surface area contributed by atoms with E-state index in [9.17, 15) is 18.0 Å². The van der Waals surface area contributed by atoms with Gasteiger partial charge in [-0.2, -0.15) is 13.2 Å². The van der Waals surface area contributed by atoms with Crippen molar-refractivity contribution in [2.45, 2.75) is 19.1 Å². The molecular formula is C15H19F3N2O3. The van der Waals surface area contributed by atoms with E-state index in [1.165, 1.54) is 18.2 Å². The number of alkyl halides is 3. The van der Waals surface area contributed by atoms with E-state index >= 15 is 0 Å². The van der Waals surface area contributed by atoms with Crippen LogP contribution in [0.3, 0.4) is 0 Å². The van der Waals surface area contributed by atoms with Crippen LogP contribution >= 0.6 is 0 Å². The molecule has 2 amide bonds. The molecule has 1 saturated heterocycles. The van der Waals surface area contributed by atoms with Crippen molar-refractivity contribution in [1.29, 1.82) is 0 Å². The fourth-order valence-corrected chi connectivity index (χ4v) is 2.15. The van der Waals surface area contributed by atoms with Crippen LogP contribution in [0, 0.1) is 0 Å². The second-order valence-corrected chi connectivity index (χ2v) is 5.25. The Morgan fingerprint density at radius 1 is 1.35 bits per heavy atom. The summed E-state index contributed by atoms with van der Waals surface area (Å²) in [5, 5.41) is 2.70. The van der Waals surface area contributed by atoms with E-state index in [4.69, 9.17) is 9.47 Å². The van der Waals surface area contributed by atoms with E-state index in [1.54, 1.807) is 11.8 Å². The number of halogens is 3. The van der Waals surface area contributed by atoms with Gasteiger partial charge in [0, 0.05) is 13.1 Å². The lowest BCUT2D eigenvalue weighted by Gasteiger charge is -2.28. The number of rotatable bonds is 4. The number of urea groups is 1. The third kappa shape index (κ3) is 5.02. The summed E-state index contributed by atoms with van der Waals surface area (Å²) in [4.78, 5) is 13.6. The van der Waals surface area contributed by atoms with E-state index in [0.717, 1.165) is 6.07 Å². The minimum absolute atomic E-state index is 0.0524. The number of nitrogens with zero attached hydrogens (tertiary/aromatic N) is 1. The van der Waals surface area contributed by atoms with Crippen molar-refractivity contribution in [3.63, 3.8) is 0 Å². The van der Waals surface area contributed by atoms with Crippen LogP contribution in [-0.2, 0) is 10.9 Å². The van der Waals surface area contributed by atoms with Gasteiger partial charge in [0.2, 0.25) is 0 Å². The highest BCUT2D eigenvalue weighted by molar-refractivity contribution is 5.74. The Morgan fingerprint density at radius 3 is 2.65 bits per heavy atom.